The Balaban J connectivity index is 2.41. The zero-order valence-corrected chi connectivity index (χ0v) is 12.0. The van der Waals surface area contributed by atoms with Crippen LogP contribution in [0, 0.1) is 0 Å². The molecule has 2 aromatic heterocycles. The van der Waals surface area contributed by atoms with Crippen LogP contribution in [-0.4, -0.2) is 22.1 Å². The first-order valence-electron chi connectivity index (χ1n) is 6.33. The van der Waals surface area contributed by atoms with Crippen molar-refractivity contribution in [3.05, 3.63) is 17.3 Å². The summed E-state index contributed by atoms with van der Waals surface area (Å²) in [7, 11) is 0. The first kappa shape index (κ1) is 13.2. The molecule has 0 aliphatic heterocycles. The Bertz CT molecular complexity index is 531. The molecule has 3 N–H and O–H groups in total. The molecule has 0 saturated heterocycles. The Morgan fingerprint density at radius 1 is 1.39 bits per heavy atom. The first-order valence-corrected chi connectivity index (χ1v) is 7.15. The Labute approximate surface area is 112 Å². The van der Waals surface area contributed by atoms with Crippen LogP contribution in [0.3, 0.4) is 0 Å². The summed E-state index contributed by atoms with van der Waals surface area (Å²) in [5.74, 6) is 0.894. The van der Waals surface area contributed by atoms with Crippen molar-refractivity contribution in [3.8, 4) is 0 Å². The van der Waals surface area contributed by atoms with E-state index in [0.29, 0.717) is 6.54 Å². The van der Waals surface area contributed by atoms with Crippen LogP contribution in [0.15, 0.2) is 12.4 Å². The molecule has 0 saturated carbocycles. The number of hydrogen-bond acceptors (Lipinski definition) is 5. The van der Waals surface area contributed by atoms with E-state index in [-0.39, 0.29) is 5.54 Å². The van der Waals surface area contributed by atoms with E-state index in [1.54, 1.807) is 17.7 Å². The average molecular weight is 264 g/mol. The van der Waals surface area contributed by atoms with E-state index in [1.165, 1.54) is 4.88 Å². The van der Waals surface area contributed by atoms with Crippen molar-refractivity contribution < 1.29 is 0 Å². The number of thiophene rings is 1. The van der Waals surface area contributed by atoms with Crippen LogP contribution in [0.4, 0.5) is 5.82 Å². The lowest BCUT2D eigenvalue weighted by Crippen LogP contribution is -2.42. The maximum atomic E-state index is 5.84. The van der Waals surface area contributed by atoms with E-state index in [9.17, 15) is 0 Å². The molecule has 0 fully saturated rings. The standard InChI is InChI=1S/C13H20N4S/c1-4-9-6-10-11(15-8-16-12(10)18-9)17-13(3,5-2)7-14/h6,8H,4-5,7,14H2,1-3H3,(H,15,16,17). The molecule has 2 aromatic rings. The summed E-state index contributed by atoms with van der Waals surface area (Å²) in [6.45, 7) is 6.98. The Hall–Kier alpha value is -1.20. The highest BCUT2D eigenvalue weighted by Crippen LogP contribution is 2.30. The van der Waals surface area contributed by atoms with Crippen LogP contribution in [0.25, 0.3) is 10.2 Å². The number of nitrogens with one attached hydrogen (secondary N) is 1. The smallest absolute Gasteiger partial charge is 0.138 e. The normalized spacial score (nSPS) is 14.7. The summed E-state index contributed by atoms with van der Waals surface area (Å²) in [5.41, 5.74) is 5.72. The summed E-state index contributed by atoms with van der Waals surface area (Å²) in [4.78, 5) is 11.1. The predicted molar refractivity (Wildman–Crippen MR) is 78.2 cm³/mol. The molecule has 5 heteroatoms. The van der Waals surface area contributed by atoms with Crippen molar-refractivity contribution in [2.45, 2.75) is 39.2 Å². The van der Waals surface area contributed by atoms with E-state index in [2.05, 4.69) is 42.1 Å². The molecule has 1 unspecified atom stereocenters. The van der Waals surface area contributed by atoms with Gasteiger partial charge in [0, 0.05) is 17.0 Å². The highest BCUT2D eigenvalue weighted by atomic mass is 32.1. The van der Waals surface area contributed by atoms with Gasteiger partial charge in [0.25, 0.3) is 0 Å². The topological polar surface area (TPSA) is 63.8 Å². The second-order valence-electron chi connectivity index (χ2n) is 4.75. The van der Waals surface area contributed by atoms with Crippen LogP contribution in [0.5, 0.6) is 0 Å². The highest BCUT2D eigenvalue weighted by Gasteiger charge is 2.21. The van der Waals surface area contributed by atoms with Crippen molar-refractivity contribution in [2.24, 2.45) is 5.73 Å². The van der Waals surface area contributed by atoms with Gasteiger partial charge < -0.3 is 11.1 Å². The van der Waals surface area contributed by atoms with Crippen LogP contribution in [0.2, 0.25) is 0 Å². The predicted octanol–water partition coefficient (Wildman–Crippen LogP) is 2.79. The molecular weight excluding hydrogens is 244 g/mol. The third kappa shape index (κ3) is 2.47. The molecule has 0 spiro atoms. The summed E-state index contributed by atoms with van der Waals surface area (Å²) in [6.07, 6.45) is 3.61. The van der Waals surface area contributed by atoms with Crippen LogP contribution in [0.1, 0.15) is 32.1 Å². The van der Waals surface area contributed by atoms with Gasteiger partial charge in [-0.05, 0) is 25.8 Å². The fraction of sp³-hybridized carbons (Fsp3) is 0.538. The molecule has 0 aromatic carbocycles. The number of aromatic nitrogens is 2. The minimum absolute atomic E-state index is 0.115. The molecular formula is C13H20N4S. The Morgan fingerprint density at radius 2 is 2.17 bits per heavy atom. The lowest BCUT2D eigenvalue weighted by molar-refractivity contribution is 0.505. The zero-order valence-electron chi connectivity index (χ0n) is 11.2. The lowest BCUT2D eigenvalue weighted by Gasteiger charge is -2.28. The number of rotatable bonds is 5. The molecule has 0 amide bonds. The molecule has 4 nitrogen and oxygen atoms in total. The molecule has 0 aliphatic rings. The van der Waals surface area contributed by atoms with Crippen molar-refractivity contribution in [3.63, 3.8) is 0 Å². The summed E-state index contributed by atoms with van der Waals surface area (Å²) in [5, 5.41) is 4.57. The number of nitrogens with zero attached hydrogens (tertiary/aromatic N) is 2. The van der Waals surface area contributed by atoms with Crippen molar-refractivity contribution in [1.29, 1.82) is 0 Å². The van der Waals surface area contributed by atoms with Gasteiger partial charge >= 0.3 is 0 Å². The summed E-state index contributed by atoms with van der Waals surface area (Å²) in [6, 6.07) is 2.18. The van der Waals surface area contributed by atoms with Crippen LogP contribution in [-0.2, 0) is 6.42 Å². The van der Waals surface area contributed by atoms with E-state index in [0.717, 1.165) is 28.9 Å². The van der Waals surface area contributed by atoms with Crippen molar-refractivity contribution >= 4 is 27.4 Å². The second-order valence-corrected chi connectivity index (χ2v) is 5.87. The molecule has 1 atom stereocenters. The molecule has 0 radical (unpaired) electrons. The van der Waals surface area contributed by atoms with Crippen molar-refractivity contribution in [1.82, 2.24) is 9.97 Å². The SMILES string of the molecule is CCc1cc2c(NC(C)(CC)CN)ncnc2s1. The van der Waals surface area contributed by atoms with E-state index < -0.39 is 0 Å². The average Bonchev–Trinajstić information content (AvgIpc) is 2.83. The quantitative estimate of drug-likeness (QED) is 0.871. The lowest BCUT2D eigenvalue weighted by atomic mass is 9.99. The number of anilines is 1. The monoisotopic (exact) mass is 264 g/mol. The first-order chi connectivity index (χ1) is 8.61. The van der Waals surface area contributed by atoms with Gasteiger partial charge in [-0.1, -0.05) is 13.8 Å². The molecule has 0 bridgehead atoms. The fourth-order valence-electron chi connectivity index (χ4n) is 1.75. The van der Waals surface area contributed by atoms with Gasteiger partial charge in [0.05, 0.1) is 5.39 Å². The highest BCUT2D eigenvalue weighted by molar-refractivity contribution is 7.18. The van der Waals surface area contributed by atoms with Crippen LogP contribution < -0.4 is 11.1 Å². The third-order valence-electron chi connectivity index (χ3n) is 3.38. The maximum Gasteiger partial charge on any atom is 0.138 e. The summed E-state index contributed by atoms with van der Waals surface area (Å²) < 4.78 is 0. The fourth-order valence-corrected chi connectivity index (χ4v) is 2.68. The van der Waals surface area contributed by atoms with Gasteiger partial charge in [-0.25, -0.2) is 9.97 Å². The van der Waals surface area contributed by atoms with Gasteiger partial charge in [0.2, 0.25) is 0 Å². The Morgan fingerprint density at radius 3 is 2.78 bits per heavy atom. The van der Waals surface area contributed by atoms with E-state index in [4.69, 9.17) is 5.73 Å². The van der Waals surface area contributed by atoms with Gasteiger partial charge in [0.1, 0.15) is 17.0 Å². The minimum Gasteiger partial charge on any atom is -0.363 e. The zero-order chi connectivity index (χ0) is 13.2. The molecule has 98 valence electrons. The maximum absolute atomic E-state index is 5.84. The van der Waals surface area contributed by atoms with E-state index in [1.807, 2.05) is 0 Å². The van der Waals surface area contributed by atoms with Crippen molar-refractivity contribution in [2.75, 3.05) is 11.9 Å². The van der Waals surface area contributed by atoms with Crippen LogP contribution >= 0.6 is 11.3 Å². The molecule has 18 heavy (non-hydrogen) atoms. The molecule has 0 aliphatic carbocycles. The third-order valence-corrected chi connectivity index (χ3v) is 4.57. The Kier molecular flexibility index (Phi) is 3.82. The van der Waals surface area contributed by atoms with Gasteiger partial charge in [-0.15, -0.1) is 11.3 Å². The second kappa shape index (κ2) is 5.20. The number of fused-ring (bicyclic) bond motifs is 1. The van der Waals surface area contributed by atoms with Gasteiger partial charge in [-0.2, -0.15) is 0 Å². The number of hydrogen-bond donors (Lipinski definition) is 2. The number of aryl methyl sites for hydroxylation is 1. The molecule has 2 rings (SSSR count). The van der Waals surface area contributed by atoms with Gasteiger partial charge in [-0.3, -0.25) is 0 Å². The largest absolute Gasteiger partial charge is 0.363 e. The van der Waals surface area contributed by atoms with E-state index >= 15 is 0 Å². The molecule has 2 heterocycles. The number of nitrogens with two attached hydrogens (primary N) is 1. The van der Waals surface area contributed by atoms with Gasteiger partial charge in [0.15, 0.2) is 0 Å². The minimum atomic E-state index is -0.115. The summed E-state index contributed by atoms with van der Waals surface area (Å²) >= 11 is 1.73.